The summed E-state index contributed by atoms with van der Waals surface area (Å²) < 4.78 is 2.88. The van der Waals surface area contributed by atoms with E-state index in [2.05, 4.69) is 56.6 Å². The predicted octanol–water partition coefficient (Wildman–Crippen LogP) is 4.93. The second-order valence-corrected chi connectivity index (χ2v) is 8.88. The Balaban J connectivity index is 1.36. The van der Waals surface area contributed by atoms with Crippen LogP contribution < -0.4 is 0 Å². The summed E-state index contributed by atoms with van der Waals surface area (Å²) in [4.78, 5) is 15.3. The van der Waals surface area contributed by atoms with Crippen molar-refractivity contribution in [3.8, 4) is 5.69 Å². The summed E-state index contributed by atoms with van der Waals surface area (Å²) in [6.45, 7) is 1.54. The summed E-state index contributed by atoms with van der Waals surface area (Å²) in [5, 5.41) is 8.70. The fraction of sp³-hybridized carbons (Fsp3) is 0.348. The van der Waals surface area contributed by atoms with Crippen molar-refractivity contribution in [2.24, 2.45) is 0 Å². The van der Waals surface area contributed by atoms with Crippen LogP contribution in [0.1, 0.15) is 59.3 Å². The summed E-state index contributed by atoms with van der Waals surface area (Å²) in [7, 11) is 0. The van der Waals surface area contributed by atoms with Gasteiger partial charge in [-0.25, -0.2) is 4.68 Å². The van der Waals surface area contributed by atoms with E-state index in [4.69, 9.17) is 0 Å². The number of carbonyl (C=O) groups is 1. The number of halogens is 1. The fourth-order valence-corrected chi connectivity index (χ4v) is 4.49. The second-order valence-electron chi connectivity index (χ2n) is 7.96. The van der Waals surface area contributed by atoms with Crippen molar-refractivity contribution in [2.45, 2.75) is 37.5 Å². The smallest absolute Gasteiger partial charge is 0.276 e. The van der Waals surface area contributed by atoms with E-state index in [9.17, 15) is 4.79 Å². The van der Waals surface area contributed by atoms with Crippen molar-refractivity contribution in [3.05, 3.63) is 76.0 Å². The highest BCUT2D eigenvalue weighted by atomic mass is 79.9. The van der Waals surface area contributed by atoms with Gasteiger partial charge in [0.15, 0.2) is 5.69 Å². The van der Waals surface area contributed by atoms with Crippen molar-refractivity contribution in [1.29, 1.82) is 0 Å². The Hall–Kier alpha value is -2.47. The average Bonchev–Trinajstić information content (AvgIpc) is 3.52. The molecule has 0 atom stereocenters. The molecular weight excluding hydrogens is 428 g/mol. The van der Waals surface area contributed by atoms with Crippen LogP contribution in [0.3, 0.4) is 0 Å². The first-order valence-electron chi connectivity index (χ1n) is 10.3. The third-order valence-corrected chi connectivity index (χ3v) is 6.52. The van der Waals surface area contributed by atoms with Crippen molar-refractivity contribution in [2.75, 3.05) is 13.1 Å². The highest BCUT2D eigenvalue weighted by molar-refractivity contribution is 9.10. The summed E-state index contributed by atoms with van der Waals surface area (Å²) in [6.07, 6.45) is 4.19. The quantitative estimate of drug-likeness (QED) is 0.566. The van der Waals surface area contributed by atoms with Crippen LogP contribution >= 0.6 is 15.9 Å². The minimum Gasteiger partial charge on any atom is -0.337 e. The van der Waals surface area contributed by atoms with Gasteiger partial charge in [-0.05, 0) is 61.4 Å². The molecule has 148 valence electrons. The van der Waals surface area contributed by atoms with Crippen LogP contribution in [0.4, 0.5) is 0 Å². The van der Waals surface area contributed by atoms with Crippen LogP contribution in [-0.2, 0) is 0 Å². The van der Waals surface area contributed by atoms with Crippen LogP contribution in [0.25, 0.3) is 5.69 Å². The zero-order valence-corrected chi connectivity index (χ0v) is 17.8. The first kappa shape index (κ1) is 18.6. The molecule has 1 aromatic heterocycles. The van der Waals surface area contributed by atoms with E-state index in [1.807, 2.05) is 33.8 Å². The van der Waals surface area contributed by atoms with Crippen molar-refractivity contribution >= 4 is 21.8 Å². The summed E-state index contributed by atoms with van der Waals surface area (Å²) in [5.41, 5.74) is 3.83. The van der Waals surface area contributed by atoms with Gasteiger partial charge >= 0.3 is 0 Å². The molecule has 2 aromatic carbocycles. The molecule has 2 fully saturated rings. The molecule has 1 aliphatic carbocycles. The van der Waals surface area contributed by atoms with Crippen molar-refractivity contribution in [3.63, 3.8) is 0 Å². The number of carbonyl (C=O) groups excluding carboxylic acids is 1. The largest absolute Gasteiger partial charge is 0.337 e. The summed E-state index contributed by atoms with van der Waals surface area (Å²) in [5.74, 6) is 0.942. The fourth-order valence-electron chi connectivity index (χ4n) is 4.23. The summed E-state index contributed by atoms with van der Waals surface area (Å²) in [6, 6.07) is 18.6. The van der Waals surface area contributed by atoms with Crippen molar-refractivity contribution < 1.29 is 4.79 Å². The van der Waals surface area contributed by atoms with E-state index in [-0.39, 0.29) is 5.91 Å². The van der Waals surface area contributed by atoms with Gasteiger partial charge in [0.25, 0.3) is 5.91 Å². The van der Waals surface area contributed by atoms with E-state index in [0.717, 1.165) is 54.6 Å². The van der Waals surface area contributed by atoms with Crippen LogP contribution in [-0.4, -0.2) is 38.9 Å². The summed E-state index contributed by atoms with van der Waals surface area (Å²) >= 11 is 3.47. The monoisotopic (exact) mass is 450 g/mol. The zero-order chi connectivity index (χ0) is 19.8. The minimum atomic E-state index is 0.0294. The normalized spacial score (nSPS) is 17.5. The SMILES string of the molecule is O=C(c1nnn(-c2ccc(Br)cc2)c1C1CC1)N1CCC(c2ccccc2)CC1. The third kappa shape index (κ3) is 3.73. The zero-order valence-electron chi connectivity index (χ0n) is 16.2. The molecule has 1 aliphatic heterocycles. The van der Waals surface area contributed by atoms with Gasteiger partial charge < -0.3 is 4.90 Å². The number of amides is 1. The lowest BCUT2D eigenvalue weighted by molar-refractivity contribution is 0.0705. The molecule has 2 heterocycles. The second kappa shape index (κ2) is 7.75. The number of hydrogen-bond acceptors (Lipinski definition) is 3. The van der Waals surface area contributed by atoms with E-state index in [1.54, 1.807) is 0 Å². The number of aromatic nitrogens is 3. The first-order chi connectivity index (χ1) is 14.2. The lowest BCUT2D eigenvalue weighted by Crippen LogP contribution is -2.38. The Morgan fingerprint density at radius 3 is 2.24 bits per heavy atom. The van der Waals surface area contributed by atoms with Gasteiger partial charge in [0, 0.05) is 23.5 Å². The molecule has 2 aliphatic rings. The standard InChI is InChI=1S/C23H23BrN4O/c24-19-8-10-20(11-9-19)28-22(18-6-7-18)21(25-26-28)23(29)27-14-12-17(13-15-27)16-4-2-1-3-5-16/h1-5,8-11,17-18H,6-7,12-15H2. The average molecular weight is 451 g/mol. The number of nitrogens with zero attached hydrogens (tertiary/aromatic N) is 4. The number of piperidine rings is 1. The highest BCUT2D eigenvalue weighted by Gasteiger charge is 2.36. The molecule has 1 amide bonds. The lowest BCUT2D eigenvalue weighted by Gasteiger charge is -2.32. The topological polar surface area (TPSA) is 51.0 Å². The maximum absolute atomic E-state index is 13.3. The number of likely N-dealkylation sites (tertiary alicyclic amines) is 1. The molecular formula is C23H23BrN4O. The lowest BCUT2D eigenvalue weighted by atomic mass is 9.89. The molecule has 3 aromatic rings. The number of rotatable bonds is 4. The molecule has 5 rings (SSSR count). The Morgan fingerprint density at radius 1 is 0.897 bits per heavy atom. The van der Waals surface area contributed by atoms with E-state index in [0.29, 0.717) is 17.5 Å². The van der Waals surface area contributed by atoms with Crippen LogP contribution in [0, 0.1) is 0 Å². The Labute approximate surface area is 178 Å². The number of benzene rings is 2. The van der Waals surface area contributed by atoms with Gasteiger partial charge in [0.1, 0.15) is 0 Å². The molecule has 0 unspecified atom stereocenters. The molecule has 29 heavy (non-hydrogen) atoms. The van der Waals surface area contributed by atoms with Gasteiger partial charge in [-0.15, -0.1) is 5.10 Å². The maximum Gasteiger partial charge on any atom is 0.276 e. The van der Waals surface area contributed by atoms with E-state index in [1.165, 1.54) is 5.56 Å². The molecule has 0 bridgehead atoms. The highest BCUT2D eigenvalue weighted by Crippen LogP contribution is 2.42. The predicted molar refractivity (Wildman–Crippen MR) is 115 cm³/mol. The van der Waals surface area contributed by atoms with Gasteiger partial charge in [0.05, 0.1) is 11.4 Å². The minimum absolute atomic E-state index is 0.0294. The molecule has 0 N–H and O–H groups in total. The molecule has 1 saturated carbocycles. The van der Waals surface area contributed by atoms with Gasteiger partial charge in [-0.2, -0.15) is 0 Å². The van der Waals surface area contributed by atoms with Crippen LogP contribution in [0.15, 0.2) is 59.1 Å². The Bertz CT molecular complexity index is 1000. The van der Waals surface area contributed by atoms with E-state index < -0.39 is 0 Å². The van der Waals surface area contributed by atoms with Gasteiger partial charge in [-0.3, -0.25) is 4.79 Å². The third-order valence-electron chi connectivity index (χ3n) is 6.00. The molecule has 6 heteroatoms. The van der Waals surface area contributed by atoms with Crippen LogP contribution in [0.5, 0.6) is 0 Å². The van der Waals surface area contributed by atoms with Crippen LogP contribution in [0.2, 0.25) is 0 Å². The molecule has 0 radical (unpaired) electrons. The first-order valence-corrected chi connectivity index (χ1v) is 11.1. The maximum atomic E-state index is 13.3. The molecule has 0 spiro atoms. The Kier molecular flexibility index (Phi) is 4.96. The molecule has 1 saturated heterocycles. The number of hydrogen-bond donors (Lipinski definition) is 0. The molecule has 5 nitrogen and oxygen atoms in total. The Morgan fingerprint density at radius 2 is 1.59 bits per heavy atom. The van der Waals surface area contributed by atoms with E-state index >= 15 is 0 Å². The van der Waals surface area contributed by atoms with Crippen molar-refractivity contribution in [1.82, 2.24) is 19.9 Å². The van der Waals surface area contributed by atoms with Gasteiger partial charge in [0.2, 0.25) is 0 Å². The van der Waals surface area contributed by atoms with Gasteiger partial charge in [-0.1, -0.05) is 51.5 Å².